The molecule has 0 fully saturated rings. The van der Waals surface area contributed by atoms with Crippen LogP contribution in [0.4, 0.5) is 5.69 Å². The van der Waals surface area contributed by atoms with Crippen LogP contribution in [0.3, 0.4) is 0 Å². The van der Waals surface area contributed by atoms with E-state index in [0.29, 0.717) is 0 Å². The number of aromatic nitrogens is 2. The first-order chi connectivity index (χ1) is 9.74. The summed E-state index contributed by atoms with van der Waals surface area (Å²) in [5, 5.41) is 10.6. The number of hydrogen-bond acceptors (Lipinski definition) is 3. The van der Waals surface area contributed by atoms with E-state index in [1.807, 2.05) is 40.9 Å². The van der Waals surface area contributed by atoms with Crippen molar-refractivity contribution in [3.05, 3.63) is 76.4 Å². The van der Waals surface area contributed by atoms with Crippen molar-refractivity contribution in [3.8, 4) is 0 Å². The van der Waals surface area contributed by atoms with Gasteiger partial charge in [0.2, 0.25) is 0 Å². The smallest absolute Gasteiger partial charge is 0.269 e. The number of nitro benzene ring substituents is 1. The van der Waals surface area contributed by atoms with E-state index < -0.39 is 4.92 Å². The second-order valence-electron chi connectivity index (χ2n) is 4.29. The van der Waals surface area contributed by atoms with Gasteiger partial charge in [0.1, 0.15) is 5.82 Å². The first kappa shape index (κ1) is 12.1. The van der Waals surface area contributed by atoms with Gasteiger partial charge in [-0.25, -0.2) is 4.98 Å². The van der Waals surface area contributed by atoms with Crippen LogP contribution in [0.25, 0.3) is 17.7 Å². The highest BCUT2D eigenvalue weighted by Gasteiger charge is 2.02. The van der Waals surface area contributed by atoms with Gasteiger partial charge in [-0.15, -0.1) is 0 Å². The maximum absolute atomic E-state index is 10.6. The van der Waals surface area contributed by atoms with E-state index in [0.717, 1.165) is 16.9 Å². The summed E-state index contributed by atoms with van der Waals surface area (Å²) in [6.07, 6.45) is 7.51. The molecule has 5 heteroatoms. The zero-order valence-corrected chi connectivity index (χ0v) is 10.5. The molecule has 0 aliphatic rings. The second-order valence-corrected chi connectivity index (χ2v) is 4.29. The minimum absolute atomic E-state index is 0.0911. The fourth-order valence-corrected chi connectivity index (χ4v) is 1.97. The molecule has 0 spiro atoms. The van der Waals surface area contributed by atoms with Crippen LogP contribution in [0.15, 0.2) is 54.9 Å². The third-order valence-corrected chi connectivity index (χ3v) is 3.00. The zero-order chi connectivity index (χ0) is 13.9. The van der Waals surface area contributed by atoms with Gasteiger partial charge in [0.05, 0.1) is 16.6 Å². The molecule has 0 saturated heterocycles. The number of rotatable bonds is 3. The summed E-state index contributed by atoms with van der Waals surface area (Å²) in [5.41, 5.74) is 2.01. The average molecular weight is 265 g/mol. The van der Waals surface area contributed by atoms with Gasteiger partial charge >= 0.3 is 0 Å². The summed E-state index contributed by atoms with van der Waals surface area (Å²) in [5.74, 6) is 0.818. The van der Waals surface area contributed by atoms with Crippen molar-refractivity contribution in [1.82, 2.24) is 9.38 Å². The standard InChI is InChI=1S/C15H11N3O2/c19-18(20)13-7-4-12(5-8-13)6-9-15-16-11-14-3-1-2-10-17(14)15/h1-11H. The summed E-state index contributed by atoms with van der Waals surface area (Å²) in [6, 6.07) is 12.3. The molecule has 0 aliphatic heterocycles. The zero-order valence-electron chi connectivity index (χ0n) is 10.5. The summed E-state index contributed by atoms with van der Waals surface area (Å²) in [4.78, 5) is 14.5. The van der Waals surface area contributed by atoms with Crippen molar-refractivity contribution in [1.29, 1.82) is 0 Å². The molecule has 0 radical (unpaired) electrons. The van der Waals surface area contributed by atoms with E-state index in [-0.39, 0.29) is 5.69 Å². The molecule has 2 aromatic heterocycles. The van der Waals surface area contributed by atoms with Gasteiger partial charge in [-0.1, -0.05) is 12.1 Å². The normalized spacial score (nSPS) is 11.2. The Hall–Kier alpha value is -2.95. The van der Waals surface area contributed by atoms with Crippen LogP contribution in [0.1, 0.15) is 11.4 Å². The van der Waals surface area contributed by atoms with Crippen LogP contribution in [0.2, 0.25) is 0 Å². The largest absolute Gasteiger partial charge is 0.300 e. The summed E-state index contributed by atoms with van der Waals surface area (Å²) < 4.78 is 1.97. The molecule has 20 heavy (non-hydrogen) atoms. The van der Waals surface area contributed by atoms with E-state index in [1.54, 1.807) is 18.3 Å². The topological polar surface area (TPSA) is 60.4 Å². The van der Waals surface area contributed by atoms with Crippen molar-refractivity contribution in [2.45, 2.75) is 0 Å². The first-order valence-corrected chi connectivity index (χ1v) is 6.09. The molecule has 98 valence electrons. The molecule has 0 bridgehead atoms. The number of imidazole rings is 1. The van der Waals surface area contributed by atoms with E-state index in [4.69, 9.17) is 0 Å². The number of pyridine rings is 1. The van der Waals surface area contributed by atoms with Gasteiger partial charge in [-0.3, -0.25) is 10.1 Å². The lowest BCUT2D eigenvalue weighted by Gasteiger charge is -1.96. The van der Waals surface area contributed by atoms with Crippen molar-refractivity contribution in [2.75, 3.05) is 0 Å². The van der Waals surface area contributed by atoms with Crippen LogP contribution in [-0.2, 0) is 0 Å². The Morgan fingerprint density at radius 1 is 1.10 bits per heavy atom. The first-order valence-electron chi connectivity index (χ1n) is 6.09. The Labute approximate surface area is 115 Å². The maximum atomic E-state index is 10.6. The van der Waals surface area contributed by atoms with E-state index >= 15 is 0 Å². The highest BCUT2D eigenvalue weighted by atomic mass is 16.6. The van der Waals surface area contributed by atoms with Crippen LogP contribution in [0.5, 0.6) is 0 Å². The van der Waals surface area contributed by atoms with Crippen molar-refractivity contribution >= 4 is 23.4 Å². The average Bonchev–Trinajstić information content (AvgIpc) is 2.89. The van der Waals surface area contributed by atoms with E-state index in [9.17, 15) is 10.1 Å². The van der Waals surface area contributed by atoms with Crippen LogP contribution in [0, 0.1) is 10.1 Å². The van der Waals surface area contributed by atoms with Gasteiger partial charge in [0, 0.05) is 18.3 Å². The molecule has 0 saturated carbocycles. The summed E-state index contributed by atoms with van der Waals surface area (Å²) in [7, 11) is 0. The molecule has 2 heterocycles. The van der Waals surface area contributed by atoms with Crippen molar-refractivity contribution < 1.29 is 4.92 Å². The maximum Gasteiger partial charge on any atom is 0.269 e. The van der Waals surface area contributed by atoms with Crippen LogP contribution in [-0.4, -0.2) is 14.3 Å². The third-order valence-electron chi connectivity index (χ3n) is 3.00. The summed E-state index contributed by atoms with van der Waals surface area (Å²) >= 11 is 0. The molecule has 3 aromatic rings. The summed E-state index contributed by atoms with van der Waals surface area (Å²) in [6.45, 7) is 0. The second kappa shape index (κ2) is 4.97. The Kier molecular flexibility index (Phi) is 3.01. The highest BCUT2D eigenvalue weighted by molar-refractivity contribution is 5.69. The molecule has 0 unspecified atom stereocenters. The monoisotopic (exact) mass is 265 g/mol. The number of non-ortho nitro benzene ring substituents is 1. The predicted octanol–water partition coefficient (Wildman–Crippen LogP) is 3.41. The molecular formula is C15H11N3O2. The Balaban J connectivity index is 1.88. The minimum Gasteiger partial charge on any atom is -0.300 e. The molecule has 3 rings (SSSR count). The van der Waals surface area contributed by atoms with Crippen molar-refractivity contribution in [2.24, 2.45) is 0 Å². The quantitative estimate of drug-likeness (QED) is 0.538. The van der Waals surface area contributed by atoms with E-state index in [2.05, 4.69) is 4.98 Å². The fraction of sp³-hybridized carbons (Fsp3) is 0. The van der Waals surface area contributed by atoms with E-state index in [1.165, 1.54) is 12.1 Å². The molecule has 5 nitrogen and oxygen atoms in total. The van der Waals surface area contributed by atoms with Crippen molar-refractivity contribution in [3.63, 3.8) is 0 Å². The van der Waals surface area contributed by atoms with Gasteiger partial charge in [0.25, 0.3) is 5.69 Å². The lowest BCUT2D eigenvalue weighted by Crippen LogP contribution is -1.87. The number of benzene rings is 1. The van der Waals surface area contributed by atoms with Gasteiger partial charge in [-0.05, 0) is 35.9 Å². The molecule has 0 N–H and O–H groups in total. The molecule has 0 amide bonds. The van der Waals surface area contributed by atoms with Crippen LogP contribution < -0.4 is 0 Å². The number of nitrogens with zero attached hydrogens (tertiary/aromatic N) is 3. The van der Waals surface area contributed by atoms with Gasteiger partial charge in [0.15, 0.2) is 0 Å². The lowest BCUT2D eigenvalue weighted by atomic mass is 10.2. The SMILES string of the molecule is O=[N+]([O-])c1ccc(C=Cc2ncc3ccccn23)cc1. The third kappa shape index (κ3) is 2.29. The predicted molar refractivity (Wildman–Crippen MR) is 77.2 cm³/mol. The highest BCUT2D eigenvalue weighted by Crippen LogP contribution is 2.14. The van der Waals surface area contributed by atoms with Gasteiger partial charge < -0.3 is 4.40 Å². The lowest BCUT2D eigenvalue weighted by molar-refractivity contribution is -0.384. The Morgan fingerprint density at radius 2 is 1.90 bits per heavy atom. The molecule has 0 atom stereocenters. The Morgan fingerprint density at radius 3 is 2.65 bits per heavy atom. The Bertz CT molecular complexity index is 788. The molecule has 0 aliphatic carbocycles. The number of hydrogen-bond donors (Lipinski definition) is 0. The number of fused-ring (bicyclic) bond motifs is 1. The number of nitro groups is 1. The minimum atomic E-state index is -0.407. The van der Waals surface area contributed by atoms with Gasteiger partial charge in [-0.2, -0.15) is 0 Å². The van der Waals surface area contributed by atoms with Crippen LogP contribution >= 0.6 is 0 Å². The fourth-order valence-electron chi connectivity index (χ4n) is 1.97. The molecule has 1 aromatic carbocycles. The molecular weight excluding hydrogens is 254 g/mol.